The fourth-order valence-electron chi connectivity index (χ4n) is 4.05. The maximum absolute atomic E-state index is 10.9. The summed E-state index contributed by atoms with van der Waals surface area (Å²) in [7, 11) is 1.70. The highest BCUT2D eigenvalue weighted by Crippen LogP contribution is 2.37. The number of methoxy groups -OCH3 is 1. The zero-order chi connectivity index (χ0) is 19.0. The van der Waals surface area contributed by atoms with Crippen molar-refractivity contribution in [3.05, 3.63) is 40.5 Å². The van der Waals surface area contributed by atoms with E-state index in [-0.39, 0.29) is 11.9 Å². The zero-order valence-corrected chi connectivity index (χ0v) is 16.8. The van der Waals surface area contributed by atoms with Crippen LogP contribution in [0.15, 0.2) is 24.3 Å². The largest absolute Gasteiger partial charge is 0.496 e. The van der Waals surface area contributed by atoms with E-state index in [1.54, 1.807) is 16.5 Å². The number of fused-ring (bicyclic) bond motifs is 1. The highest BCUT2D eigenvalue weighted by molar-refractivity contribution is 7.17. The summed E-state index contributed by atoms with van der Waals surface area (Å²) in [6, 6.07) is 8.13. The van der Waals surface area contributed by atoms with E-state index < -0.39 is 0 Å². The van der Waals surface area contributed by atoms with Crippen molar-refractivity contribution in [2.45, 2.75) is 19.9 Å². The molecule has 7 nitrogen and oxygen atoms in total. The second-order valence-electron chi connectivity index (χ2n) is 7.08. The molecule has 0 amide bonds. The molecule has 3 N–H and O–H groups in total. The minimum atomic E-state index is 0.00774. The van der Waals surface area contributed by atoms with Crippen molar-refractivity contribution in [1.82, 2.24) is 14.6 Å². The van der Waals surface area contributed by atoms with Gasteiger partial charge in [0.25, 0.3) is 0 Å². The van der Waals surface area contributed by atoms with Gasteiger partial charge in [-0.1, -0.05) is 23.5 Å². The van der Waals surface area contributed by atoms with Gasteiger partial charge in [0, 0.05) is 0 Å². The molecule has 27 heavy (non-hydrogen) atoms. The summed E-state index contributed by atoms with van der Waals surface area (Å²) in [6.45, 7) is 9.63. The Morgan fingerprint density at radius 1 is 1.26 bits per heavy atom. The summed E-state index contributed by atoms with van der Waals surface area (Å²) in [6.07, 6.45) is 0. The Morgan fingerprint density at radius 3 is 2.67 bits per heavy atom. The van der Waals surface area contributed by atoms with Gasteiger partial charge in [0.1, 0.15) is 42.6 Å². The number of nitrogens with one attached hydrogen (secondary N) is 2. The van der Waals surface area contributed by atoms with Crippen molar-refractivity contribution in [2.75, 3.05) is 39.8 Å². The van der Waals surface area contributed by atoms with Crippen molar-refractivity contribution >= 4 is 16.3 Å². The van der Waals surface area contributed by atoms with Gasteiger partial charge in [-0.3, -0.25) is 0 Å². The molecule has 4 rings (SSSR count). The number of aromatic hydroxyl groups is 1. The summed E-state index contributed by atoms with van der Waals surface area (Å²) in [4.78, 5) is 9.18. The van der Waals surface area contributed by atoms with E-state index in [0.29, 0.717) is 5.82 Å². The van der Waals surface area contributed by atoms with Crippen LogP contribution in [0.4, 0.5) is 0 Å². The van der Waals surface area contributed by atoms with Gasteiger partial charge in [0.05, 0.1) is 19.2 Å². The summed E-state index contributed by atoms with van der Waals surface area (Å²) >= 11 is 1.52. The second kappa shape index (κ2) is 7.46. The molecule has 0 unspecified atom stereocenters. The van der Waals surface area contributed by atoms with Crippen LogP contribution in [0.25, 0.3) is 4.96 Å². The molecule has 0 aliphatic carbocycles. The van der Waals surface area contributed by atoms with Crippen LogP contribution >= 0.6 is 11.3 Å². The molecule has 1 aliphatic rings. The van der Waals surface area contributed by atoms with Gasteiger partial charge in [0.2, 0.25) is 10.8 Å². The fraction of sp³-hybridized carbons (Fsp3) is 0.474. The van der Waals surface area contributed by atoms with E-state index in [4.69, 9.17) is 4.74 Å². The van der Waals surface area contributed by atoms with Crippen molar-refractivity contribution in [3.63, 3.8) is 0 Å². The number of ether oxygens (including phenoxy) is 1. The predicted octanol–water partition coefficient (Wildman–Crippen LogP) is -0.294. The van der Waals surface area contributed by atoms with E-state index in [1.165, 1.54) is 16.2 Å². The fourth-order valence-corrected chi connectivity index (χ4v) is 5.23. The number of thiazole rings is 1. The number of aromatic nitrogens is 3. The van der Waals surface area contributed by atoms with E-state index in [2.05, 4.69) is 23.1 Å². The molecule has 1 atom stereocenters. The number of para-hydroxylation sites is 1. The van der Waals surface area contributed by atoms with Crippen LogP contribution in [-0.4, -0.2) is 59.5 Å². The van der Waals surface area contributed by atoms with Gasteiger partial charge in [-0.25, -0.2) is 4.98 Å². The number of likely N-dealkylation sites (N-methyl/N-ethyl adjacent to an activating group) is 1. The third kappa shape index (κ3) is 3.28. The number of benzene rings is 1. The van der Waals surface area contributed by atoms with Crippen LogP contribution in [0.1, 0.15) is 29.2 Å². The minimum absolute atomic E-state index is 0.00774. The first-order valence-electron chi connectivity index (χ1n) is 9.48. The zero-order valence-electron chi connectivity index (χ0n) is 16.0. The summed E-state index contributed by atoms with van der Waals surface area (Å²) < 4.78 is 7.22. The van der Waals surface area contributed by atoms with Gasteiger partial charge in [-0.2, -0.15) is 4.52 Å². The lowest BCUT2D eigenvalue weighted by atomic mass is 10.0. The number of hydrogen-bond acceptors (Lipinski definition) is 5. The summed E-state index contributed by atoms with van der Waals surface area (Å²) in [5, 5.41) is 15.3. The van der Waals surface area contributed by atoms with Crippen molar-refractivity contribution in [1.29, 1.82) is 0 Å². The van der Waals surface area contributed by atoms with Crippen molar-refractivity contribution in [3.8, 4) is 11.6 Å². The van der Waals surface area contributed by atoms with Gasteiger partial charge in [-0.15, -0.1) is 5.10 Å². The molecule has 1 aromatic carbocycles. The summed E-state index contributed by atoms with van der Waals surface area (Å²) in [5.41, 5.74) is 1.10. The SMILES string of the molecule is CC[NH+]1CC[NH+]([C@@H](c2ccccc2OC)c2sc3nc(C)nn3c2O)CC1. The molecule has 1 saturated heterocycles. The van der Waals surface area contributed by atoms with Crippen molar-refractivity contribution < 1.29 is 19.6 Å². The van der Waals surface area contributed by atoms with Gasteiger partial charge < -0.3 is 19.6 Å². The highest BCUT2D eigenvalue weighted by Gasteiger charge is 2.37. The first-order valence-corrected chi connectivity index (χ1v) is 10.3. The highest BCUT2D eigenvalue weighted by atomic mass is 32.1. The van der Waals surface area contributed by atoms with Crippen molar-refractivity contribution in [2.24, 2.45) is 0 Å². The summed E-state index contributed by atoms with van der Waals surface area (Å²) in [5.74, 6) is 1.73. The quantitative estimate of drug-likeness (QED) is 0.561. The molecule has 2 aromatic heterocycles. The predicted molar refractivity (Wildman–Crippen MR) is 104 cm³/mol. The Kier molecular flexibility index (Phi) is 5.03. The maximum Gasteiger partial charge on any atom is 0.235 e. The number of quaternary nitrogens is 2. The Labute approximate surface area is 162 Å². The molecule has 3 heterocycles. The van der Waals surface area contributed by atoms with Crippen LogP contribution in [0.5, 0.6) is 11.6 Å². The van der Waals surface area contributed by atoms with E-state index in [0.717, 1.165) is 53.9 Å². The molecule has 0 bridgehead atoms. The standard InChI is InChI=1S/C19H25N5O2S/c1-4-22-9-11-23(12-10-22)16(14-7-5-6-8-15(14)26-3)17-18(25)24-19(27-17)20-13(2)21-24/h5-8,16,25H,4,9-12H2,1-3H3/p+2/t16-/m0/s1. The normalized spacial score (nSPS) is 21.4. The van der Waals surface area contributed by atoms with E-state index in [1.807, 2.05) is 25.1 Å². The molecule has 0 radical (unpaired) electrons. The Balaban J connectivity index is 1.80. The van der Waals surface area contributed by atoms with Gasteiger partial charge in [0.15, 0.2) is 6.04 Å². The molecule has 144 valence electrons. The average molecular weight is 390 g/mol. The molecule has 0 spiro atoms. The number of piperazine rings is 1. The second-order valence-corrected chi connectivity index (χ2v) is 8.09. The number of aryl methyl sites for hydroxylation is 1. The maximum atomic E-state index is 10.9. The smallest absolute Gasteiger partial charge is 0.235 e. The third-order valence-corrected chi connectivity index (χ3v) is 6.61. The van der Waals surface area contributed by atoms with E-state index >= 15 is 0 Å². The molecular formula is C19H27N5O2S+2. The molecule has 1 fully saturated rings. The van der Waals surface area contributed by atoms with Crippen LogP contribution in [0.2, 0.25) is 0 Å². The van der Waals surface area contributed by atoms with Gasteiger partial charge >= 0.3 is 0 Å². The molecule has 1 aliphatic heterocycles. The molecule has 0 saturated carbocycles. The number of nitrogens with zero attached hydrogens (tertiary/aromatic N) is 3. The van der Waals surface area contributed by atoms with Crippen LogP contribution in [0.3, 0.4) is 0 Å². The molecule has 3 aromatic rings. The Bertz CT molecular complexity index is 929. The molecule has 8 heteroatoms. The Hall–Kier alpha value is -2.16. The van der Waals surface area contributed by atoms with Crippen LogP contribution < -0.4 is 14.5 Å². The topological polar surface area (TPSA) is 68.5 Å². The lowest BCUT2D eigenvalue weighted by Gasteiger charge is -2.34. The first-order chi connectivity index (χ1) is 13.1. The van der Waals surface area contributed by atoms with E-state index in [9.17, 15) is 5.11 Å². The average Bonchev–Trinajstić information content (AvgIpc) is 3.20. The molecular weight excluding hydrogens is 362 g/mol. The lowest BCUT2D eigenvalue weighted by molar-refractivity contribution is -1.02. The third-order valence-electron chi connectivity index (χ3n) is 5.53. The lowest BCUT2D eigenvalue weighted by Crippen LogP contribution is -3.28. The Morgan fingerprint density at radius 2 is 2.00 bits per heavy atom. The van der Waals surface area contributed by atoms with Crippen LogP contribution in [0, 0.1) is 6.92 Å². The van der Waals surface area contributed by atoms with Crippen LogP contribution in [-0.2, 0) is 0 Å². The monoisotopic (exact) mass is 389 g/mol. The number of rotatable bonds is 5. The van der Waals surface area contributed by atoms with Gasteiger partial charge in [-0.05, 0) is 26.0 Å². The first kappa shape index (κ1) is 18.2. The number of hydrogen-bond donors (Lipinski definition) is 3. The minimum Gasteiger partial charge on any atom is -0.496 e.